The largest absolute Gasteiger partial charge is 0.496 e. The Hall–Kier alpha value is -4.06. The lowest BCUT2D eigenvalue weighted by molar-refractivity contribution is -0.131. The summed E-state index contributed by atoms with van der Waals surface area (Å²) in [6, 6.07) is 25.4. The summed E-state index contributed by atoms with van der Waals surface area (Å²) in [4.78, 5) is 28.6. The van der Waals surface area contributed by atoms with Crippen LogP contribution in [0.4, 0.5) is 4.79 Å². The molecular formula is C30H32N2O4. The SMILES string of the molecule is COc1cccc2c1c(CC(=O)N(Cc1ccccc1)Cc1ccccc1)cn2C(=O)OC(C)(C)C. The van der Waals surface area contributed by atoms with E-state index < -0.39 is 11.7 Å². The van der Waals surface area contributed by atoms with Crippen molar-refractivity contribution in [3.05, 3.63) is 102 Å². The summed E-state index contributed by atoms with van der Waals surface area (Å²) in [5.74, 6) is 0.562. The number of carbonyl (C=O) groups is 2. The van der Waals surface area contributed by atoms with E-state index in [0.717, 1.165) is 16.5 Å². The van der Waals surface area contributed by atoms with Crippen LogP contribution in [0.15, 0.2) is 85.1 Å². The Morgan fingerprint density at radius 2 is 1.42 bits per heavy atom. The number of amides is 1. The number of rotatable bonds is 7. The van der Waals surface area contributed by atoms with E-state index in [1.54, 1.807) is 13.3 Å². The van der Waals surface area contributed by atoms with Crippen LogP contribution in [0.25, 0.3) is 10.9 Å². The number of benzene rings is 3. The first-order valence-corrected chi connectivity index (χ1v) is 12.0. The number of ether oxygens (including phenoxy) is 2. The molecule has 4 rings (SSSR count). The van der Waals surface area contributed by atoms with Gasteiger partial charge in [0, 0.05) is 24.7 Å². The molecule has 6 heteroatoms. The number of hydrogen-bond acceptors (Lipinski definition) is 4. The Bertz CT molecular complexity index is 1300. The van der Waals surface area contributed by atoms with Crippen molar-refractivity contribution in [1.82, 2.24) is 9.47 Å². The molecule has 1 heterocycles. The summed E-state index contributed by atoms with van der Waals surface area (Å²) in [6.07, 6.45) is 1.32. The van der Waals surface area contributed by atoms with Crippen LogP contribution in [0.2, 0.25) is 0 Å². The van der Waals surface area contributed by atoms with Crippen molar-refractivity contribution in [3.63, 3.8) is 0 Å². The highest BCUT2D eigenvalue weighted by Crippen LogP contribution is 2.32. The number of methoxy groups -OCH3 is 1. The molecule has 0 aliphatic carbocycles. The number of aromatic nitrogens is 1. The van der Waals surface area contributed by atoms with Crippen LogP contribution in [0.5, 0.6) is 5.75 Å². The maximum absolute atomic E-state index is 13.7. The molecule has 0 saturated carbocycles. The van der Waals surface area contributed by atoms with E-state index in [0.29, 0.717) is 29.9 Å². The molecule has 186 valence electrons. The third-order valence-corrected chi connectivity index (χ3v) is 5.81. The van der Waals surface area contributed by atoms with Gasteiger partial charge in [0.15, 0.2) is 0 Å². The Balaban J connectivity index is 1.69. The van der Waals surface area contributed by atoms with Gasteiger partial charge in [0.2, 0.25) is 5.91 Å². The fourth-order valence-corrected chi connectivity index (χ4v) is 4.21. The van der Waals surface area contributed by atoms with Crippen molar-refractivity contribution < 1.29 is 19.1 Å². The maximum Gasteiger partial charge on any atom is 0.419 e. The summed E-state index contributed by atoms with van der Waals surface area (Å²) >= 11 is 0. The molecule has 0 spiro atoms. The molecule has 0 N–H and O–H groups in total. The number of nitrogens with zero attached hydrogens (tertiary/aromatic N) is 2. The van der Waals surface area contributed by atoms with E-state index in [4.69, 9.17) is 9.47 Å². The Kier molecular flexibility index (Phi) is 7.44. The quantitative estimate of drug-likeness (QED) is 0.313. The number of carbonyl (C=O) groups excluding carboxylic acids is 2. The molecule has 36 heavy (non-hydrogen) atoms. The average Bonchev–Trinajstić information content (AvgIpc) is 3.22. The minimum absolute atomic E-state index is 0.0446. The standard InChI is InChI=1S/C30H32N2O4/c1-30(2,3)36-29(34)32-21-24(28-25(32)16-11-17-26(28)35-4)18-27(33)31(19-22-12-7-5-8-13-22)20-23-14-9-6-10-15-23/h5-17,21H,18-20H2,1-4H3. The summed E-state index contributed by atoms with van der Waals surface area (Å²) in [7, 11) is 1.59. The molecule has 0 fully saturated rings. The van der Waals surface area contributed by atoms with E-state index in [1.807, 2.05) is 105 Å². The van der Waals surface area contributed by atoms with Crippen LogP contribution in [0.1, 0.15) is 37.5 Å². The molecule has 0 atom stereocenters. The Morgan fingerprint density at radius 1 is 0.833 bits per heavy atom. The summed E-state index contributed by atoms with van der Waals surface area (Å²) in [6.45, 7) is 6.44. The van der Waals surface area contributed by atoms with E-state index in [-0.39, 0.29) is 12.3 Å². The second-order valence-corrected chi connectivity index (χ2v) is 9.76. The van der Waals surface area contributed by atoms with Crippen molar-refractivity contribution in [2.45, 2.75) is 45.9 Å². The highest BCUT2D eigenvalue weighted by molar-refractivity contribution is 5.98. The highest BCUT2D eigenvalue weighted by atomic mass is 16.6. The normalized spacial score (nSPS) is 11.3. The Morgan fingerprint density at radius 3 is 1.94 bits per heavy atom. The fraction of sp³-hybridized carbons (Fsp3) is 0.267. The first-order chi connectivity index (χ1) is 17.2. The van der Waals surface area contributed by atoms with E-state index in [1.165, 1.54) is 4.57 Å². The summed E-state index contributed by atoms with van der Waals surface area (Å²) in [5, 5.41) is 0.735. The minimum Gasteiger partial charge on any atom is -0.496 e. The van der Waals surface area contributed by atoms with Crippen LogP contribution in [0, 0.1) is 0 Å². The molecule has 0 aliphatic heterocycles. The third kappa shape index (κ3) is 5.95. The molecule has 0 radical (unpaired) electrons. The third-order valence-electron chi connectivity index (χ3n) is 5.81. The van der Waals surface area contributed by atoms with Gasteiger partial charge < -0.3 is 14.4 Å². The lowest BCUT2D eigenvalue weighted by Gasteiger charge is -2.23. The van der Waals surface area contributed by atoms with Gasteiger partial charge >= 0.3 is 6.09 Å². The molecule has 1 amide bonds. The smallest absolute Gasteiger partial charge is 0.419 e. The lowest BCUT2D eigenvalue weighted by atomic mass is 10.1. The van der Waals surface area contributed by atoms with Gasteiger partial charge in [-0.25, -0.2) is 4.79 Å². The first-order valence-electron chi connectivity index (χ1n) is 12.0. The van der Waals surface area contributed by atoms with Crippen LogP contribution >= 0.6 is 0 Å². The molecule has 0 aliphatic rings. The summed E-state index contributed by atoms with van der Waals surface area (Å²) in [5.41, 5.74) is 2.81. The van der Waals surface area contributed by atoms with Crippen molar-refractivity contribution in [2.24, 2.45) is 0 Å². The Labute approximate surface area is 212 Å². The predicted molar refractivity (Wildman–Crippen MR) is 141 cm³/mol. The molecular weight excluding hydrogens is 452 g/mol. The van der Waals surface area contributed by atoms with E-state index >= 15 is 0 Å². The number of fused-ring (bicyclic) bond motifs is 1. The maximum atomic E-state index is 13.7. The van der Waals surface area contributed by atoms with E-state index in [9.17, 15) is 9.59 Å². The first kappa shape index (κ1) is 25.0. The molecule has 1 aromatic heterocycles. The van der Waals surface area contributed by atoms with Gasteiger partial charge in [0.25, 0.3) is 0 Å². The van der Waals surface area contributed by atoms with E-state index in [2.05, 4.69) is 0 Å². The second kappa shape index (κ2) is 10.7. The van der Waals surface area contributed by atoms with Crippen LogP contribution in [-0.4, -0.2) is 34.2 Å². The van der Waals surface area contributed by atoms with Gasteiger partial charge in [0.05, 0.1) is 19.0 Å². The molecule has 4 aromatic rings. The molecule has 6 nitrogen and oxygen atoms in total. The zero-order chi connectivity index (χ0) is 25.7. The van der Waals surface area contributed by atoms with Gasteiger partial charge in [-0.2, -0.15) is 0 Å². The second-order valence-electron chi connectivity index (χ2n) is 9.76. The van der Waals surface area contributed by atoms with Crippen molar-refractivity contribution in [2.75, 3.05) is 7.11 Å². The van der Waals surface area contributed by atoms with Crippen LogP contribution in [0.3, 0.4) is 0 Å². The molecule has 0 bridgehead atoms. The number of hydrogen-bond donors (Lipinski definition) is 0. The molecule has 0 unspecified atom stereocenters. The highest BCUT2D eigenvalue weighted by Gasteiger charge is 2.24. The van der Waals surface area contributed by atoms with Gasteiger partial charge in [0.1, 0.15) is 11.4 Å². The zero-order valence-electron chi connectivity index (χ0n) is 21.2. The summed E-state index contributed by atoms with van der Waals surface area (Å²) < 4.78 is 12.7. The predicted octanol–water partition coefficient (Wildman–Crippen LogP) is 6.20. The van der Waals surface area contributed by atoms with Crippen molar-refractivity contribution in [3.8, 4) is 5.75 Å². The van der Waals surface area contributed by atoms with Crippen LogP contribution in [-0.2, 0) is 29.0 Å². The lowest BCUT2D eigenvalue weighted by Crippen LogP contribution is -2.31. The fourth-order valence-electron chi connectivity index (χ4n) is 4.21. The monoisotopic (exact) mass is 484 g/mol. The van der Waals surface area contributed by atoms with Gasteiger partial charge in [-0.3, -0.25) is 9.36 Å². The topological polar surface area (TPSA) is 60.8 Å². The van der Waals surface area contributed by atoms with Crippen molar-refractivity contribution in [1.29, 1.82) is 0 Å². The average molecular weight is 485 g/mol. The molecule has 0 saturated heterocycles. The van der Waals surface area contributed by atoms with Crippen LogP contribution < -0.4 is 4.74 Å². The zero-order valence-corrected chi connectivity index (χ0v) is 21.2. The van der Waals surface area contributed by atoms with Gasteiger partial charge in [-0.05, 0) is 49.6 Å². The van der Waals surface area contributed by atoms with Crippen molar-refractivity contribution >= 4 is 22.9 Å². The minimum atomic E-state index is -0.648. The van der Waals surface area contributed by atoms with Gasteiger partial charge in [-0.1, -0.05) is 66.7 Å². The van der Waals surface area contributed by atoms with Gasteiger partial charge in [-0.15, -0.1) is 0 Å². The molecule has 3 aromatic carbocycles.